The lowest BCUT2D eigenvalue weighted by atomic mass is 10.2. The SMILES string of the molecule is COc1cc(Cl)c(C)cc1Nc1ccc(C#N)cn1. The van der Waals surface area contributed by atoms with E-state index in [1.54, 1.807) is 25.3 Å². The van der Waals surface area contributed by atoms with Gasteiger partial charge >= 0.3 is 0 Å². The second-order valence-electron chi connectivity index (χ2n) is 3.97. The highest BCUT2D eigenvalue weighted by Gasteiger charge is 2.07. The minimum Gasteiger partial charge on any atom is -0.495 e. The Kier molecular flexibility index (Phi) is 3.88. The van der Waals surface area contributed by atoms with Gasteiger partial charge in [0.15, 0.2) is 0 Å². The number of rotatable bonds is 3. The van der Waals surface area contributed by atoms with Gasteiger partial charge in [0.25, 0.3) is 0 Å². The second kappa shape index (κ2) is 5.59. The molecule has 0 amide bonds. The standard InChI is InChI=1S/C14H12ClN3O/c1-9-5-12(13(19-2)6-11(9)15)18-14-4-3-10(7-16)8-17-14/h3-6,8H,1-2H3,(H,17,18). The normalized spacial score (nSPS) is 9.79. The average Bonchev–Trinajstić information content (AvgIpc) is 2.43. The minimum atomic E-state index is 0.518. The summed E-state index contributed by atoms with van der Waals surface area (Å²) in [5.41, 5.74) is 2.24. The lowest BCUT2D eigenvalue weighted by Crippen LogP contribution is -1.97. The van der Waals surface area contributed by atoms with Crippen molar-refractivity contribution in [2.75, 3.05) is 12.4 Å². The number of benzene rings is 1. The zero-order valence-electron chi connectivity index (χ0n) is 10.6. The van der Waals surface area contributed by atoms with Crippen molar-refractivity contribution >= 4 is 23.1 Å². The maximum absolute atomic E-state index is 8.72. The summed E-state index contributed by atoms with van der Waals surface area (Å²) in [6.45, 7) is 1.92. The lowest BCUT2D eigenvalue weighted by molar-refractivity contribution is 0.416. The lowest BCUT2D eigenvalue weighted by Gasteiger charge is -2.12. The van der Waals surface area contributed by atoms with E-state index in [0.717, 1.165) is 11.3 Å². The Morgan fingerprint density at radius 2 is 2.16 bits per heavy atom. The third-order valence-corrected chi connectivity index (χ3v) is 3.04. The fourth-order valence-electron chi connectivity index (χ4n) is 1.60. The molecule has 0 saturated heterocycles. The molecule has 1 N–H and O–H groups in total. The van der Waals surface area contributed by atoms with Gasteiger partial charge in [-0.2, -0.15) is 5.26 Å². The van der Waals surface area contributed by atoms with E-state index in [0.29, 0.717) is 22.2 Å². The summed E-state index contributed by atoms with van der Waals surface area (Å²) >= 11 is 6.05. The molecule has 96 valence electrons. The number of methoxy groups -OCH3 is 1. The molecule has 1 aromatic carbocycles. The molecule has 0 bridgehead atoms. The van der Waals surface area contributed by atoms with E-state index in [2.05, 4.69) is 10.3 Å². The van der Waals surface area contributed by atoms with Gasteiger partial charge in [-0.3, -0.25) is 0 Å². The Morgan fingerprint density at radius 3 is 2.74 bits per heavy atom. The van der Waals surface area contributed by atoms with Crippen LogP contribution in [0.3, 0.4) is 0 Å². The Balaban J connectivity index is 2.32. The minimum absolute atomic E-state index is 0.518. The Hall–Kier alpha value is -2.25. The van der Waals surface area contributed by atoms with Gasteiger partial charge in [-0.15, -0.1) is 0 Å². The zero-order chi connectivity index (χ0) is 13.8. The summed E-state index contributed by atoms with van der Waals surface area (Å²) < 4.78 is 5.27. The number of nitriles is 1. The number of nitrogens with zero attached hydrogens (tertiary/aromatic N) is 2. The van der Waals surface area contributed by atoms with Gasteiger partial charge in [-0.25, -0.2) is 4.98 Å². The Labute approximate surface area is 116 Å². The van der Waals surface area contributed by atoms with E-state index in [1.807, 2.05) is 19.1 Å². The van der Waals surface area contributed by atoms with Gasteiger partial charge in [0.05, 0.1) is 18.4 Å². The molecule has 0 saturated carbocycles. The third kappa shape index (κ3) is 2.95. The summed E-state index contributed by atoms with van der Waals surface area (Å²) in [6.07, 6.45) is 1.51. The van der Waals surface area contributed by atoms with E-state index in [-0.39, 0.29) is 0 Å². The first-order valence-electron chi connectivity index (χ1n) is 5.61. The van der Waals surface area contributed by atoms with E-state index in [4.69, 9.17) is 21.6 Å². The highest BCUT2D eigenvalue weighted by molar-refractivity contribution is 6.31. The van der Waals surface area contributed by atoms with E-state index < -0.39 is 0 Å². The monoisotopic (exact) mass is 273 g/mol. The molecule has 1 heterocycles. The highest BCUT2D eigenvalue weighted by atomic mass is 35.5. The van der Waals surface area contributed by atoms with Gasteiger partial charge in [0.1, 0.15) is 17.6 Å². The van der Waals surface area contributed by atoms with Crippen LogP contribution < -0.4 is 10.1 Å². The molecule has 0 unspecified atom stereocenters. The first-order valence-corrected chi connectivity index (χ1v) is 5.99. The summed E-state index contributed by atoms with van der Waals surface area (Å²) in [5.74, 6) is 1.28. The van der Waals surface area contributed by atoms with Gasteiger partial charge in [-0.05, 0) is 30.7 Å². The van der Waals surface area contributed by atoms with Crippen LogP contribution in [0.25, 0.3) is 0 Å². The van der Waals surface area contributed by atoms with Crippen LogP contribution in [0.4, 0.5) is 11.5 Å². The fraction of sp³-hybridized carbons (Fsp3) is 0.143. The number of anilines is 2. The van der Waals surface area contributed by atoms with Crippen molar-refractivity contribution in [3.05, 3.63) is 46.6 Å². The van der Waals surface area contributed by atoms with Gasteiger partial charge < -0.3 is 10.1 Å². The molecule has 1 aromatic heterocycles. The largest absolute Gasteiger partial charge is 0.495 e. The number of ether oxygens (including phenoxy) is 1. The van der Waals surface area contributed by atoms with E-state index in [1.165, 1.54) is 6.20 Å². The average molecular weight is 274 g/mol. The first kappa shape index (κ1) is 13.2. The number of aromatic nitrogens is 1. The number of aryl methyl sites for hydroxylation is 1. The van der Waals surface area contributed by atoms with Crippen molar-refractivity contribution < 1.29 is 4.74 Å². The molecule has 5 heteroatoms. The van der Waals surface area contributed by atoms with Crippen molar-refractivity contribution in [1.82, 2.24) is 4.98 Å². The second-order valence-corrected chi connectivity index (χ2v) is 4.38. The molecule has 19 heavy (non-hydrogen) atoms. The molecular weight excluding hydrogens is 262 g/mol. The molecule has 2 rings (SSSR count). The van der Waals surface area contributed by atoms with Crippen LogP contribution >= 0.6 is 11.6 Å². The summed E-state index contributed by atoms with van der Waals surface area (Å²) in [5, 5.41) is 12.5. The summed E-state index contributed by atoms with van der Waals surface area (Å²) in [6, 6.07) is 9.10. The van der Waals surface area contributed by atoms with Crippen LogP contribution in [0.2, 0.25) is 5.02 Å². The van der Waals surface area contributed by atoms with Gasteiger partial charge in [0, 0.05) is 17.3 Å². The summed E-state index contributed by atoms with van der Waals surface area (Å²) in [7, 11) is 1.58. The number of nitrogens with one attached hydrogen (secondary N) is 1. The van der Waals surface area contributed by atoms with Crippen LogP contribution in [-0.4, -0.2) is 12.1 Å². The number of halogens is 1. The quantitative estimate of drug-likeness (QED) is 0.927. The van der Waals surface area contributed by atoms with Crippen molar-refractivity contribution in [1.29, 1.82) is 5.26 Å². The fourth-order valence-corrected chi connectivity index (χ4v) is 1.76. The van der Waals surface area contributed by atoms with Crippen molar-refractivity contribution in [2.24, 2.45) is 0 Å². The number of hydrogen-bond donors (Lipinski definition) is 1. The maximum atomic E-state index is 8.72. The molecule has 2 aromatic rings. The predicted molar refractivity (Wildman–Crippen MR) is 75.0 cm³/mol. The highest BCUT2D eigenvalue weighted by Crippen LogP contribution is 2.32. The molecule has 0 radical (unpaired) electrons. The van der Waals surface area contributed by atoms with E-state index in [9.17, 15) is 0 Å². The summed E-state index contributed by atoms with van der Waals surface area (Å²) in [4.78, 5) is 4.15. The van der Waals surface area contributed by atoms with Gasteiger partial charge in [0.2, 0.25) is 0 Å². The smallest absolute Gasteiger partial charge is 0.143 e. The molecule has 0 aliphatic heterocycles. The maximum Gasteiger partial charge on any atom is 0.143 e. The van der Waals surface area contributed by atoms with Gasteiger partial charge in [-0.1, -0.05) is 11.6 Å². The molecule has 0 aliphatic rings. The molecule has 0 aliphatic carbocycles. The topological polar surface area (TPSA) is 57.9 Å². The zero-order valence-corrected chi connectivity index (χ0v) is 11.3. The van der Waals surface area contributed by atoms with Crippen LogP contribution in [0, 0.1) is 18.3 Å². The molecule has 0 fully saturated rings. The van der Waals surface area contributed by atoms with Crippen molar-refractivity contribution in [3.63, 3.8) is 0 Å². The molecule has 4 nitrogen and oxygen atoms in total. The van der Waals surface area contributed by atoms with E-state index >= 15 is 0 Å². The molecular formula is C14H12ClN3O. The van der Waals surface area contributed by atoms with Crippen LogP contribution in [0.1, 0.15) is 11.1 Å². The molecule has 0 atom stereocenters. The number of pyridine rings is 1. The predicted octanol–water partition coefficient (Wildman–Crippen LogP) is 3.67. The number of hydrogen-bond acceptors (Lipinski definition) is 4. The van der Waals surface area contributed by atoms with Crippen LogP contribution in [0.15, 0.2) is 30.5 Å². The first-order chi connectivity index (χ1) is 9.13. The molecule has 0 spiro atoms. The van der Waals surface area contributed by atoms with Crippen molar-refractivity contribution in [2.45, 2.75) is 6.92 Å². The van der Waals surface area contributed by atoms with Crippen molar-refractivity contribution in [3.8, 4) is 11.8 Å². The third-order valence-electron chi connectivity index (χ3n) is 2.64. The van der Waals surface area contributed by atoms with Crippen LogP contribution in [0.5, 0.6) is 5.75 Å². The Bertz CT molecular complexity index is 632. The Morgan fingerprint density at radius 1 is 1.37 bits per heavy atom. The van der Waals surface area contributed by atoms with Crippen LogP contribution in [-0.2, 0) is 0 Å².